The molecule has 174 valence electrons. The lowest BCUT2D eigenvalue weighted by Gasteiger charge is -2.18. The molecule has 3 aromatic rings. The number of aromatic nitrogens is 2. The van der Waals surface area contributed by atoms with Crippen LogP contribution in [-0.2, 0) is 4.79 Å². The van der Waals surface area contributed by atoms with Gasteiger partial charge in [0.05, 0.1) is 24.9 Å². The highest BCUT2D eigenvalue weighted by molar-refractivity contribution is 6.35. The second-order valence-corrected chi connectivity index (χ2v) is 8.81. The van der Waals surface area contributed by atoms with Crippen molar-refractivity contribution in [2.24, 2.45) is 5.92 Å². The monoisotopic (exact) mass is 469 g/mol. The molecule has 9 heteroatoms. The number of anilines is 2. The Kier molecular flexibility index (Phi) is 6.21. The number of fused-ring (bicyclic) bond motifs is 1. The molecule has 1 aliphatic rings. The maximum atomic E-state index is 11.7. The van der Waals surface area contributed by atoms with Gasteiger partial charge in [-0.1, -0.05) is 18.5 Å². The highest BCUT2D eigenvalue weighted by Crippen LogP contribution is 2.43. The van der Waals surface area contributed by atoms with Gasteiger partial charge < -0.3 is 25.4 Å². The zero-order valence-electron chi connectivity index (χ0n) is 19.4. The van der Waals surface area contributed by atoms with Crippen molar-refractivity contribution in [3.63, 3.8) is 0 Å². The Morgan fingerprint density at radius 2 is 1.94 bits per heavy atom. The van der Waals surface area contributed by atoms with Crippen LogP contribution in [0.1, 0.15) is 19.4 Å². The molecule has 1 fully saturated rings. The molecule has 0 radical (unpaired) electrons. The maximum Gasteiger partial charge on any atom is 0.219 e. The van der Waals surface area contributed by atoms with E-state index in [0.717, 1.165) is 22.9 Å². The first-order valence-electron chi connectivity index (χ1n) is 10.7. The molecule has 4 rings (SSSR count). The third kappa shape index (κ3) is 4.23. The molecule has 1 amide bonds. The number of carbonyl (C=O) groups is 1. The van der Waals surface area contributed by atoms with Gasteiger partial charge in [0, 0.05) is 60.2 Å². The Balaban J connectivity index is 1.71. The fourth-order valence-electron chi connectivity index (χ4n) is 4.35. The smallest absolute Gasteiger partial charge is 0.219 e. The van der Waals surface area contributed by atoms with Crippen LogP contribution in [0.4, 0.5) is 11.6 Å². The van der Waals surface area contributed by atoms with Gasteiger partial charge in [0.1, 0.15) is 23.1 Å². The van der Waals surface area contributed by atoms with Gasteiger partial charge in [-0.15, -0.1) is 0 Å². The number of halogens is 1. The summed E-state index contributed by atoms with van der Waals surface area (Å²) in [6, 6.07) is 5.68. The molecule has 2 atom stereocenters. The average molecular weight is 470 g/mol. The SMILES string of the molecule is COc1cc(OC)c(Cl)c(-c2cc3cnc(N[C@@H]4CN(C(C)=O)C[C@@H]4C)cc3c(N)n2)c1C. The van der Waals surface area contributed by atoms with E-state index in [4.69, 9.17) is 26.8 Å². The minimum atomic E-state index is 0.0849. The van der Waals surface area contributed by atoms with E-state index in [1.54, 1.807) is 33.4 Å². The van der Waals surface area contributed by atoms with Gasteiger partial charge >= 0.3 is 0 Å². The number of carbonyl (C=O) groups excluding carboxylic acids is 1. The maximum absolute atomic E-state index is 11.7. The molecule has 33 heavy (non-hydrogen) atoms. The van der Waals surface area contributed by atoms with Crippen molar-refractivity contribution in [3.8, 4) is 22.8 Å². The Morgan fingerprint density at radius 3 is 2.58 bits per heavy atom. The second kappa shape index (κ2) is 8.94. The number of nitrogens with two attached hydrogens (primary N) is 1. The predicted octanol–water partition coefficient (Wildman–Crippen LogP) is 4.14. The first-order valence-corrected chi connectivity index (χ1v) is 11.1. The van der Waals surface area contributed by atoms with Gasteiger partial charge in [-0.2, -0.15) is 0 Å². The number of pyridine rings is 2. The van der Waals surface area contributed by atoms with Crippen molar-refractivity contribution in [2.45, 2.75) is 26.8 Å². The van der Waals surface area contributed by atoms with Crippen molar-refractivity contribution in [1.82, 2.24) is 14.9 Å². The summed E-state index contributed by atoms with van der Waals surface area (Å²) in [5, 5.41) is 5.51. The molecule has 0 unspecified atom stereocenters. The molecule has 0 aliphatic carbocycles. The first-order chi connectivity index (χ1) is 15.7. The molecule has 0 spiro atoms. The number of nitrogens with one attached hydrogen (secondary N) is 1. The number of amides is 1. The highest BCUT2D eigenvalue weighted by atomic mass is 35.5. The minimum Gasteiger partial charge on any atom is -0.496 e. The van der Waals surface area contributed by atoms with Crippen LogP contribution in [0.5, 0.6) is 11.5 Å². The first kappa shape index (κ1) is 22.9. The largest absolute Gasteiger partial charge is 0.496 e. The van der Waals surface area contributed by atoms with Crippen LogP contribution < -0.4 is 20.5 Å². The van der Waals surface area contributed by atoms with Crippen molar-refractivity contribution in [2.75, 3.05) is 38.4 Å². The lowest BCUT2D eigenvalue weighted by atomic mass is 10.0. The Morgan fingerprint density at radius 1 is 1.21 bits per heavy atom. The van der Waals surface area contributed by atoms with Crippen molar-refractivity contribution < 1.29 is 14.3 Å². The van der Waals surface area contributed by atoms with E-state index in [1.165, 1.54) is 0 Å². The van der Waals surface area contributed by atoms with Gasteiger partial charge in [0.2, 0.25) is 5.91 Å². The predicted molar refractivity (Wildman–Crippen MR) is 131 cm³/mol. The van der Waals surface area contributed by atoms with Gasteiger partial charge in [0.25, 0.3) is 0 Å². The van der Waals surface area contributed by atoms with Crippen LogP contribution in [0, 0.1) is 12.8 Å². The van der Waals surface area contributed by atoms with Crippen molar-refractivity contribution in [3.05, 3.63) is 35.0 Å². The highest BCUT2D eigenvalue weighted by Gasteiger charge is 2.31. The quantitative estimate of drug-likeness (QED) is 0.578. The Labute approximate surface area is 198 Å². The summed E-state index contributed by atoms with van der Waals surface area (Å²) in [6.45, 7) is 7.02. The summed E-state index contributed by atoms with van der Waals surface area (Å²) in [5.74, 6) is 2.62. The average Bonchev–Trinajstić information content (AvgIpc) is 3.15. The third-order valence-electron chi connectivity index (χ3n) is 6.27. The van der Waals surface area contributed by atoms with Crippen LogP contribution in [0.15, 0.2) is 24.4 Å². The molecule has 1 aliphatic heterocycles. The van der Waals surface area contributed by atoms with Gasteiger partial charge in [-0.25, -0.2) is 9.97 Å². The number of benzene rings is 1. The molecule has 8 nitrogen and oxygen atoms in total. The fourth-order valence-corrected chi connectivity index (χ4v) is 4.72. The molecular formula is C24H28ClN5O3. The molecule has 0 bridgehead atoms. The van der Waals surface area contributed by atoms with Crippen LogP contribution in [0.2, 0.25) is 5.02 Å². The van der Waals surface area contributed by atoms with E-state index < -0.39 is 0 Å². The Hall–Kier alpha value is -3.26. The summed E-state index contributed by atoms with van der Waals surface area (Å²) < 4.78 is 10.9. The zero-order valence-corrected chi connectivity index (χ0v) is 20.2. The van der Waals surface area contributed by atoms with Gasteiger partial charge in [0.15, 0.2) is 0 Å². The van der Waals surface area contributed by atoms with E-state index in [2.05, 4.69) is 22.2 Å². The zero-order chi connectivity index (χ0) is 23.9. The number of rotatable bonds is 5. The molecule has 0 saturated carbocycles. The summed E-state index contributed by atoms with van der Waals surface area (Å²) in [6.07, 6.45) is 1.77. The number of methoxy groups -OCH3 is 2. The normalized spacial score (nSPS) is 17.9. The number of likely N-dealkylation sites (tertiary alicyclic amines) is 1. The number of nitrogen functional groups attached to an aromatic ring is 1. The van der Waals surface area contributed by atoms with Crippen molar-refractivity contribution >= 4 is 39.9 Å². The molecule has 1 saturated heterocycles. The number of hydrogen-bond donors (Lipinski definition) is 2. The summed E-state index contributed by atoms with van der Waals surface area (Å²) in [4.78, 5) is 22.8. The molecular weight excluding hydrogens is 442 g/mol. The molecule has 3 N–H and O–H groups in total. The Bertz CT molecular complexity index is 1200. The summed E-state index contributed by atoms with van der Waals surface area (Å²) in [7, 11) is 3.15. The number of nitrogens with zero attached hydrogens (tertiary/aromatic N) is 3. The molecule has 3 heterocycles. The lowest BCUT2D eigenvalue weighted by Crippen LogP contribution is -2.30. The number of ether oxygens (including phenoxy) is 2. The molecule has 2 aromatic heterocycles. The van der Waals surface area contributed by atoms with E-state index in [1.807, 2.05) is 24.0 Å². The van der Waals surface area contributed by atoms with Crippen LogP contribution in [0.25, 0.3) is 22.0 Å². The summed E-state index contributed by atoms with van der Waals surface area (Å²) in [5.41, 5.74) is 8.53. The van der Waals surface area contributed by atoms with Crippen LogP contribution in [-0.4, -0.2) is 54.1 Å². The van der Waals surface area contributed by atoms with E-state index in [9.17, 15) is 4.79 Å². The standard InChI is InChI=1S/C24H28ClN5O3/c1-12-10-30(14(3)31)11-18(12)28-21-7-16-15(9-27-21)6-17(29-24(16)26)22-13(2)19(32-4)8-20(33-5)23(22)25/h6-9,12,18H,10-11H2,1-5H3,(H2,26,29)(H,27,28)/t12-,18+/m0/s1. The van der Waals surface area contributed by atoms with E-state index >= 15 is 0 Å². The van der Waals surface area contributed by atoms with E-state index in [0.29, 0.717) is 51.9 Å². The fraction of sp³-hybridized carbons (Fsp3) is 0.375. The third-order valence-corrected chi connectivity index (χ3v) is 6.65. The van der Waals surface area contributed by atoms with Crippen molar-refractivity contribution in [1.29, 1.82) is 0 Å². The number of hydrogen-bond acceptors (Lipinski definition) is 7. The van der Waals surface area contributed by atoms with Gasteiger partial charge in [-0.3, -0.25) is 4.79 Å². The van der Waals surface area contributed by atoms with Gasteiger partial charge in [-0.05, 0) is 25.0 Å². The lowest BCUT2D eigenvalue weighted by molar-refractivity contribution is -0.127. The topological polar surface area (TPSA) is 103 Å². The summed E-state index contributed by atoms with van der Waals surface area (Å²) >= 11 is 6.63. The second-order valence-electron chi connectivity index (χ2n) is 8.43. The van der Waals surface area contributed by atoms with Crippen LogP contribution in [0.3, 0.4) is 0 Å². The van der Waals surface area contributed by atoms with Crippen LogP contribution >= 0.6 is 11.6 Å². The minimum absolute atomic E-state index is 0.0849. The molecule has 1 aromatic carbocycles. The van der Waals surface area contributed by atoms with E-state index in [-0.39, 0.29) is 11.9 Å².